The van der Waals surface area contributed by atoms with Crippen LogP contribution in [0.3, 0.4) is 0 Å². The summed E-state index contributed by atoms with van der Waals surface area (Å²) in [7, 11) is 3.06. The summed E-state index contributed by atoms with van der Waals surface area (Å²) in [6.45, 7) is 6.04. The fourth-order valence-corrected chi connectivity index (χ4v) is 3.07. The second-order valence-electron chi connectivity index (χ2n) is 6.09. The molecule has 0 aromatic rings. The number of carbonyl (C=O) groups excluding carboxylic acids is 1. The molecule has 0 unspecified atom stereocenters. The summed E-state index contributed by atoms with van der Waals surface area (Å²) in [5, 5.41) is -0.306. The van der Waals surface area contributed by atoms with E-state index in [1.807, 2.05) is 20.8 Å². The zero-order chi connectivity index (χ0) is 15.1. The predicted octanol–water partition coefficient (Wildman–Crippen LogP) is 1.60. The lowest BCUT2D eigenvalue weighted by Gasteiger charge is -2.36. The molecule has 20 heavy (non-hydrogen) atoms. The van der Waals surface area contributed by atoms with Crippen LogP contribution in [0.1, 0.15) is 20.8 Å². The lowest BCUT2D eigenvalue weighted by Crippen LogP contribution is -2.55. The maximum atomic E-state index is 12.3. The summed E-state index contributed by atoms with van der Waals surface area (Å²) in [5.74, 6) is -0.995. The molecule has 0 aliphatic carbocycles. The highest BCUT2D eigenvalue weighted by Gasteiger charge is 2.61. The third-order valence-corrected chi connectivity index (χ3v) is 4.01. The third kappa shape index (κ3) is 2.62. The predicted molar refractivity (Wildman–Crippen MR) is 72.9 cm³/mol. The number of alkyl halides is 1. The van der Waals surface area contributed by atoms with Gasteiger partial charge in [-0.05, 0) is 20.8 Å². The zero-order valence-electron chi connectivity index (χ0n) is 12.5. The van der Waals surface area contributed by atoms with Crippen LogP contribution in [-0.4, -0.2) is 67.3 Å². The van der Waals surface area contributed by atoms with Gasteiger partial charge in [0.2, 0.25) is 5.79 Å². The molecule has 0 bridgehead atoms. The molecule has 0 radical (unpaired) electrons. The van der Waals surface area contributed by atoms with Gasteiger partial charge in [-0.2, -0.15) is 0 Å². The van der Waals surface area contributed by atoms with Crippen molar-refractivity contribution in [3.05, 3.63) is 0 Å². The Labute approximate surface area is 124 Å². The molecule has 2 fully saturated rings. The molecule has 0 spiro atoms. The van der Waals surface area contributed by atoms with Crippen LogP contribution in [-0.2, 0) is 18.9 Å². The number of ether oxygens (including phenoxy) is 4. The first-order valence-corrected chi connectivity index (χ1v) is 7.03. The van der Waals surface area contributed by atoms with Crippen LogP contribution in [0.5, 0.6) is 0 Å². The molecule has 1 amide bonds. The summed E-state index contributed by atoms with van der Waals surface area (Å²) < 4.78 is 22.0. The van der Waals surface area contributed by atoms with E-state index in [4.69, 9.17) is 30.5 Å². The lowest BCUT2D eigenvalue weighted by atomic mass is 10.1. The number of rotatable bonds is 2. The SMILES string of the molecule is COC1(OC)CO[C@@H]2[C@H](Cl)CN(C(=O)OC(C)(C)C)[C@@H]21. The Hall–Kier alpha value is -0.560. The molecule has 0 aromatic carbocycles. The highest BCUT2D eigenvalue weighted by Crippen LogP contribution is 2.41. The minimum Gasteiger partial charge on any atom is -0.444 e. The van der Waals surface area contributed by atoms with E-state index in [0.717, 1.165) is 0 Å². The standard InChI is InChI=1S/C13H22ClNO5/c1-12(2,3)20-11(16)15-6-8(14)9-10(15)13(17-4,18-5)7-19-9/h8-10H,6-7H2,1-5H3/t8-,9-,10+/m1/s1. The Morgan fingerprint density at radius 2 is 1.95 bits per heavy atom. The van der Waals surface area contributed by atoms with Gasteiger partial charge in [-0.1, -0.05) is 0 Å². The van der Waals surface area contributed by atoms with Gasteiger partial charge in [0.1, 0.15) is 24.4 Å². The van der Waals surface area contributed by atoms with Crippen LogP contribution in [0.2, 0.25) is 0 Å². The molecule has 7 heteroatoms. The normalized spacial score (nSPS) is 32.3. The Kier molecular flexibility index (Phi) is 4.22. The largest absolute Gasteiger partial charge is 0.444 e. The molecule has 0 N–H and O–H groups in total. The van der Waals surface area contributed by atoms with Crippen molar-refractivity contribution in [2.45, 2.75) is 49.7 Å². The number of nitrogens with zero attached hydrogens (tertiary/aromatic N) is 1. The number of carbonyl (C=O) groups is 1. The molecule has 6 nitrogen and oxygen atoms in total. The number of halogens is 1. The summed E-state index contributed by atoms with van der Waals surface area (Å²) in [6, 6.07) is -0.408. The Balaban J connectivity index is 2.23. The van der Waals surface area contributed by atoms with Gasteiger partial charge >= 0.3 is 6.09 Å². The number of fused-ring (bicyclic) bond motifs is 1. The topological polar surface area (TPSA) is 57.2 Å². The fraction of sp³-hybridized carbons (Fsp3) is 0.923. The molecule has 2 saturated heterocycles. The first-order chi connectivity index (χ1) is 9.24. The minimum atomic E-state index is -0.995. The first-order valence-electron chi connectivity index (χ1n) is 6.59. The molecule has 2 rings (SSSR count). The van der Waals surface area contributed by atoms with Crippen molar-refractivity contribution in [1.82, 2.24) is 4.90 Å². The number of likely N-dealkylation sites (tertiary alicyclic amines) is 1. The van der Waals surface area contributed by atoms with Gasteiger partial charge < -0.3 is 18.9 Å². The first kappa shape index (κ1) is 15.8. The Morgan fingerprint density at radius 1 is 1.35 bits per heavy atom. The van der Waals surface area contributed by atoms with Gasteiger partial charge in [0, 0.05) is 20.8 Å². The lowest BCUT2D eigenvalue weighted by molar-refractivity contribution is -0.224. The van der Waals surface area contributed by atoms with Crippen LogP contribution < -0.4 is 0 Å². The van der Waals surface area contributed by atoms with E-state index in [2.05, 4.69) is 0 Å². The molecule has 116 valence electrons. The van der Waals surface area contributed by atoms with Crippen molar-refractivity contribution >= 4 is 17.7 Å². The average molecular weight is 308 g/mol. The van der Waals surface area contributed by atoms with Crippen molar-refractivity contribution in [2.24, 2.45) is 0 Å². The monoisotopic (exact) mass is 307 g/mol. The van der Waals surface area contributed by atoms with Crippen molar-refractivity contribution in [1.29, 1.82) is 0 Å². The molecular formula is C13H22ClNO5. The van der Waals surface area contributed by atoms with E-state index >= 15 is 0 Å². The highest BCUT2D eigenvalue weighted by molar-refractivity contribution is 6.21. The Bertz CT molecular complexity index is 379. The van der Waals surface area contributed by atoms with Crippen molar-refractivity contribution < 1.29 is 23.7 Å². The van der Waals surface area contributed by atoms with Crippen LogP contribution >= 0.6 is 11.6 Å². The van der Waals surface area contributed by atoms with Crippen molar-refractivity contribution in [2.75, 3.05) is 27.4 Å². The van der Waals surface area contributed by atoms with Gasteiger partial charge in [-0.25, -0.2) is 4.79 Å². The quantitative estimate of drug-likeness (QED) is 0.573. The van der Waals surface area contributed by atoms with E-state index in [-0.39, 0.29) is 18.1 Å². The van der Waals surface area contributed by atoms with Gasteiger partial charge in [-0.3, -0.25) is 4.90 Å². The van der Waals surface area contributed by atoms with Gasteiger partial charge in [-0.15, -0.1) is 11.6 Å². The van der Waals surface area contributed by atoms with E-state index < -0.39 is 23.5 Å². The van der Waals surface area contributed by atoms with E-state index in [1.54, 1.807) is 4.90 Å². The van der Waals surface area contributed by atoms with Gasteiger partial charge in [0.15, 0.2) is 0 Å². The number of hydrogen-bond acceptors (Lipinski definition) is 5. The summed E-state index contributed by atoms with van der Waals surface area (Å²) in [4.78, 5) is 13.9. The number of methoxy groups -OCH3 is 2. The fourth-order valence-electron chi connectivity index (χ4n) is 2.71. The van der Waals surface area contributed by atoms with Gasteiger partial charge in [0.25, 0.3) is 0 Å². The van der Waals surface area contributed by atoms with Crippen molar-refractivity contribution in [3.8, 4) is 0 Å². The summed E-state index contributed by atoms with van der Waals surface area (Å²) in [5.41, 5.74) is -0.570. The molecule has 3 atom stereocenters. The molecule has 2 aliphatic heterocycles. The maximum absolute atomic E-state index is 12.3. The number of hydrogen-bond donors (Lipinski definition) is 0. The Morgan fingerprint density at radius 3 is 2.45 bits per heavy atom. The molecule has 0 aromatic heterocycles. The van der Waals surface area contributed by atoms with E-state index in [0.29, 0.717) is 6.54 Å². The van der Waals surface area contributed by atoms with Crippen LogP contribution in [0.4, 0.5) is 4.79 Å². The minimum absolute atomic E-state index is 0.234. The second-order valence-corrected chi connectivity index (χ2v) is 6.65. The smallest absolute Gasteiger partial charge is 0.410 e. The second kappa shape index (κ2) is 5.33. The zero-order valence-corrected chi connectivity index (χ0v) is 13.3. The average Bonchev–Trinajstić information content (AvgIpc) is 2.87. The van der Waals surface area contributed by atoms with Crippen LogP contribution in [0.15, 0.2) is 0 Å². The molecular weight excluding hydrogens is 286 g/mol. The summed E-state index contributed by atoms with van der Waals surface area (Å²) in [6.07, 6.45) is -0.747. The van der Waals surface area contributed by atoms with Crippen LogP contribution in [0.25, 0.3) is 0 Å². The highest BCUT2D eigenvalue weighted by atomic mass is 35.5. The van der Waals surface area contributed by atoms with Gasteiger partial charge in [0.05, 0.1) is 5.38 Å². The molecule has 0 saturated carbocycles. The number of amides is 1. The maximum Gasteiger partial charge on any atom is 0.410 e. The molecule has 2 heterocycles. The van der Waals surface area contributed by atoms with E-state index in [9.17, 15) is 4.79 Å². The summed E-state index contributed by atoms with van der Waals surface area (Å²) >= 11 is 6.28. The third-order valence-electron chi connectivity index (χ3n) is 3.62. The van der Waals surface area contributed by atoms with Crippen LogP contribution in [0, 0.1) is 0 Å². The van der Waals surface area contributed by atoms with E-state index in [1.165, 1.54) is 14.2 Å². The van der Waals surface area contributed by atoms with Crippen molar-refractivity contribution in [3.63, 3.8) is 0 Å². The molecule has 2 aliphatic rings.